The van der Waals surface area contributed by atoms with E-state index in [2.05, 4.69) is 6.58 Å². The lowest BCUT2D eigenvalue weighted by molar-refractivity contribution is -0.165. The quantitative estimate of drug-likeness (QED) is 0.842. The summed E-state index contributed by atoms with van der Waals surface area (Å²) in [7, 11) is 0. The van der Waals surface area contributed by atoms with Crippen LogP contribution in [0, 0.1) is 18.7 Å². The number of ether oxygens (including phenoxy) is 1. The van der Waals surface area contributed by atoms with Gasteiger partial charge in [0.25, 0.3) is 0 Å². The number of rotatable bonds is 4. The molecule has 2 fully saturated rings. The van der Waals surface area contributed by atoms with E-state index in [9.17, 15) is 14.3 Å². The molecule has 2 atom stereocenters. The highest BCUT2D eigenvalue weighted by atomic mass is 19.1. The van der Waals surface area contributed by atoms with E-state index in [4.69, 9.17) is 4.74 Å². The molecule has 1 aromatic carbocycles. The number of halogens is 1. The molecule has 1 aliphatic heterocycles. The van der Waals surface area contributed by atoms with E-state index in [1.807, 2.05) is 13.0 Å². The maximum absolute atomic E-state index is 13.8. The summed E-state index contributed by atoms with van der Waals surface area (Å²) in [6.07, 6.45) is 2.39. The molecule has 0 radical (unpaired) electrons. The molecule has 0 aromatic heterocycles. The molecule has 5 heteroatoms. The molecule has 25 heavy (non-hydrogen) atoms. The average molecular weight is 347 g/mol. The molecule has 136 valence electrons. The lowest BCUT2D eigenvalue weighted by Gasteiger charge is -2.42. The van der Waals surface area contributed by atoms with Crippen molar-refractivity contribution < 1.29 is 19.0 Å². The molecule has 1 N–H and O–H groups in total. The Hall–Kier alpha value is -1.88. The summed E-state index contributed by atoms with van der Waals surface area (Å²) in [6, 6.07) is 4.53. The minimum atomic E-state index is -1.21. The number of likely N-dealkylation sites (tertiary alicyclic amines) is 1. The average Bonchev–Trinajstić information content (AvgIpc) is 2.76. The second kappa shape index (κ2) is 6.45. The number of amides is 1. The molecule has 1 heterocycles. The van der Waals surface area contributed by atoms with E-state index >= 15 is 0 Å². The normalized spacial score (nSPS) is 31.6. The summed E-state index contributed by atoms with van der Waals surface area (Å²) in [6.45, 7) is 9.01. The minimum Gasteiger partial charge on any atom is -0.496 e. The van der Waals surface area contributed by atoms with Gasteiger partial charge in [-0.25, -0.2) is 4.39 Å². The van der Waals surface area contributed by atoms with Gasteiger partial charge >= 0.3 is 0 Å². The number of hydrogen-bond donors (Lipinski definition) is 1. The van der Waals surface area contributed by atoms with Crippen LogP contribution < -0.4 is 0 Å². The maximum Gasteiger partial charge on any atom is 0.228 e. The van der Waals surface area contributed by atoms with Crippen molar-refractivity contribution in [1.82, 2.24) is 4.90 Å². The van der Waals surface area contributed by atoms with Crippen molar-refractivity contribution in [3.8, 4) is 0 Å². The van der Waals surface area contributed by atoms with Gasteiger partial charge in [-0.3, -0.25) is 4.79 Å². The molecule has 1 aromatic rings. The molecule has 0 spiro atoms. The molecular weight excluding hydrogens is 321 g/mol. The van der Waals surface area contributed by atoms with E-state index in [1.165, 1.54) is 12.1 Å². The van der Waals surface area contributed by atoms with Gasteiger partial charge < -0.3 is 14.7 Å². The number of nitrogens with zero attached hydrogens (tertiary/aromatic N) is 1. The third-order valence-electron chi connectivity index (χ3n) is 5.22. The van der Waals surface area contributed by atoms with E-state index in [1.54, 1.807) is 18.7 Å². The van der Waals surface area contributed by atoms with Crippen LogP contribution in [0.25, 0.3) is 0 Å². The Bertz CT molecular complexity index is 674. The van der Waals surface area contributed by atoms with Crippen LogP contribution in [0.1, 0.15) is 56.7 Å². The highest BCUT2D eigenvalue weighted by Gasteiger charge is 2.49. The first-order chi connectivity index (χ1) is 11.7. The third kappa shape index (κ3) is 3.56. The van der Waals surface area contributed by atoms with Crippen molar-refractivity contribution in [1.29, 1.82) is 0 Å². The number of aryl methyl sites for hydroxylation is 1. The molecule has 4 nitrogen and oxygen atoms in total. The number of benzene rings is 1. The van der Waals surface area contributed by atoms with Crippen molar-refractivity contribution in [3.63, 3.8) is 0 Å². The lowest BCUT2D eigenvalue weighted by Crippen LogP contribution is -2.52. The van der Waals surface area contributed by atoms with Crippen LogP contribution in [0.3, 0.4) is 0 Å². The topological polar surface area (TPSA) is 49.8 Å². The van der Waals surface area contributed by atoms with Gasteiger partial charge in [0, 0.05) is 5.92 Å². The first-order valence-corrected chi connectivity index (χ1v) is 8.82. The van der Waals surface area contributed by atoms with E-state index in [-0.39, 0.29) is 29.8 Å². The van der Waals surface area contributed by atoms with Gasteiger partial charge in [-0.1, -0.05) is 12.6 Å². The van der Waals surface area contributed by atoms with Gasteiger partial charge in [0.2, 0.25) is 5.91 Å². The molecule has 0 bridgehead atoms. The molecule has 1 amide bonds. The first kappa shape index (κ1) is 17.9. The van der Waals surface area contributed by atoms with Crippen molar-refractivity contribution in [2.24, 2.45) is 5.92 Å². The number of hydrogen-bond acceptors (Lipinski definition) is 3. The Morgan fingerprint density at radius 3 is 2.68 bits per heavy atom. The zero-order valence-electron chi connectivity index (χ0n) is 15.1. The van der Waals surface area contributed by atoms with Gasteiger partial charge in [-0.15, -0.1) is 0 Å². The van der Waals surface area contributed by atoms with Crippen molar-refractivity contribution in [2.45, 2.75) is 64.3 Å². The lowest BCUT2D eigenvalue weighted by atomic mass is 9.80. The van der Waals surface area contributed by atoms with E-state index in [0.29, 0.717) is 31.4 Å². The second-order valence-electron chi connectivity index (χ2n) is 7.65. The monoisotopic (exact) mass is 347 g/mol. The summed E-state index contributed by atoms with van der Waals surface area (Å²) in [5.41, 5.74) is 0.354. The summed E-state index contributed by atoms with van der Waals surface area (Å²) in [5.74, 6) is 0.103. The highest BCUT2D eigenvalue weighted by molar-refractivity contribution is 5.81. The van der Waals surface area contributed by atoms with Crippen LogP contribution in [0.4, 0.5) is 4.39 Å². The molecule has 1 saturated heterocycles. The second-order valence-corrected chi connectivity index (χ2v) is 7.65. The summed E-state index contributed by atoms with van der Waals surface area (Å²) >= 11 is 0. The number of allylic oxidation sites excluding steroid dienone is 1. The van der Waals surface area contributed by atoms with Gasteiger partial charge in [0.05, 0.1) is 17.9 Å². The third-order valence-corrected chi connectivity index (χ3v) is 5.22. The van der Waals surface area contributed by atoms with Crippen LogP contribution >= 0.6 is 0 Å². The Morgan fingerprint density at radius 2 is 2.08 bits per heavy atom. The number of carbonyl (C=O) groups is 1. The van der Waals surface area contributed by atoms with Crippen LogP contribution in [0.2, 0.25) is 0 Å². The Morgan fingerprint density at radius 1 is 1.40 bits per heavy atom. The molecule has 2 unspecified atom stereocenters. The molecule has 1 aliphatic carbocycles. The predicted octanol–water partition coefficient (Wildman–Crippen LogP) is 3.83. The Kier molecular flexibility index (Phi) is 4.62. The van der Waals surface area contributed by atoms with Crippen LogP contribution in [-0.4, -0.2) is 27.7 Å². The summed E-state index contributed by atoms with van der Waals surface area (Å²) < 4.78 is 19.4. The van der Waals surface area contributed by atoms with Crippen LogP contribution in [0.5, 0.6) is 0 Å². The van der Waals surface area contributed by atoms with E-state index < -0.39 is 5.72 Å². The summed E-state index contributed by atoms with van der Waals surface area (Å²) in [5, 5.41) is 10.7. The molecular formula is C20H26FNO3. The Balaban J connectivity index is 1.79. The summed E-state index contributed by atoms with van der Waals surface area (Å²) in [4.78, 5) is 14.6. The fraction of sp³-hybridized carbons (Fsp3) is 0.550. The van der Waals surface area contributed by atoms with Crippen molar-refractivity contribution in [2.75, 3.05) is 0 Å². The zero-order valence-corrected chi connectivity index (χ0v) is 15.1. The highest BCUT2D eigenvalue weighted by Crippen LogP contribution is 2.45. The largest absolute Gasteiger partial charge is 0.496 e. The smallest absolute Gasteiger partial charge is 0.228 e. The van der Waals surface area contributed by atoms with Crippen LogP contribution in [0.15, 0.2) is 30.5 Å². The first-order valence-electron chi connectivity index (χ1n) is 8.82. The molecule has 3 rings (SSSR count). The zero-order chi connectivity index (χ0) is 18.4. The number of carbonyl (C=O) groups excluding carboxylic acids is 1. The number of aliphatic hydroxyl groups is 1. The Labute approximate surface area is 148 Å². The van der Waals surface area contributed by atoms with Gasteiger partial charge in [0.15, 0.2) is 0 Å². The SMILES string of the molecule is C=C(C)OC1CC(C(=O)N2C(c3cc(C)cc(F)c3)CCC2(C)O)C1. The standard InChI is InChI=1S/C20H26FNO3/c1-12(2)25-17-10-15(11-17)19(23)22-18(5-6-20(22,4)24)14-7-13(3)8-16(21)9-14/h7-9,15,17-18,24H,1,5-6,10-11H2,2-4H3. The maximum atomic E-state index is 13.8. The van der Waals surface area contributed by atoms with Gasteiger partial charge in [-0.05, 0) is 69.7 Å². The molecule has 2 aliphatic rings. The van der Waals surface area contributed by atoms with E-state index in [0.717, 1.165) is 11.1 Å². The minimum absolute atomic E-state index is 0.0221. The van der Waals surface area contributed by atoms with Gasteiger partial charge in [0.1, 0.15) is 11.5 Å². The fourth-order valence-electron chi connectivity index (χ4n) is 4.00. The van der Waals surface area contributed by atoms with Gasteiger partial charge in [-0.2, -0.15) is 0 Å². The van der Waals surface area contributed by atoms with Crippen molar-refractivity contribution >= 4 is 5.91 Å². The van der Waals surface area contributed by atoms with Crippen molar-refractivity contribution in [3.05, 3.63) is 47.5 Å². The predicted molar refractivity (Wildman–Crippen MR) is 93.0 cm³/mol. The van der Waals surface area contributed by atoms with Crippen LogP contribution in [-0.2, 0) is 9.53 Å². The molecule has 1 saturated carbocycles. The fourth-order valence-corrected chi connectivity index (χ4v) is 4.00.